The Hall–Kier alpha value is -3.77. The van der Waals surface area contributed by atoms with Crippen LogP contribution in [-0.2, 0) is 13.0 Å². The normalized spacial score (nSPS) is 11.2. The lowest BCUT2D eigenvalue weighted by Gasteiger charge is -2.08. The van der Waals surface area contributed by atoms with Gasteiger partial charge >= 0.3 is 0 Å². The summed E-state index contributed by atoms with van der Waals surface area (Å²) in [6.07, 6.45) is 7.67. The fourth-order valence-corrected chi connectivity index (χ4v) is 3.93. The number of aromatic amines is 1. The van der Waals surface area contributed by atoms with Gasteiger partial charge in [-0.15, -0.1) is 0 Å². The predicted octanol–water partition coefficient (Wildman–Crippen LogP) is 4.99. The van der Waals surface area contributed by atoms with Crippen LogP contribution in [0.4, 0.5) is 0 Å². The second kappa shape index (κ2) is 8.40. The Morgan fingerprint density at radius 3 is 2.78 bits per heavy atom. The third kappa shape index (κ3) is 4.18. The molecule has 0 saturated carbocycles. The lowest BCUT2D eigenvalue weighted by atomic mass is 10.0. The van der Waals surface area contributed by atoms with Crippen LogP contribution in [0.25, 0.3) is 21.9 Å². The first-order chi connectivity index (χ1) is 15.5. The number of carbonyl (C=O) groups is 1. The molecule has 4 aromatic heterocycles. The number of hydrogen-bond donors (Lipinski definition) is 2. The van der Waals surface area contributed by atoms with Crippen LogP contribution in [0.1, 0.15) is 32.7 Å². The highest BCUT2D eigenvalue weighted by Gasteiger charge is 2.10. The zero-order chi connectivity index (χ0) is 22.1. The molecule has 0 aliphatic carbocycles. The predicted molar refractivity (Wildman–Crippen MR) is 126 cm³/mol. The van der Waals surface area contributed by atoms with E-state index in [1.54, 1.807) is 18.6 Å². The number of fused-ring (bicyclic) bond motifs is 2. The average Bonchev–Trinajstić information content (AvgIpc) is 3.17. The largest absolute Gasteiger partial charge is 0.347 e. The molecular weight excluding hydrogens is 422 g/mol. The minimum atomic E-state index is -0.231. The highest BCUT2D eigenvalue weighted by molar-refractivity contribution is 6.35. The number of carbonyl (C=O) groups excluding carboxylic acids is 1. The van der Waals surface area contributed by atoms with Crippen molar-refractivity contribution in [3.05, 3.63) is 100 Å². The summed E-state index contributed by atoms with van der Waals surface area (Å²) in [7, 11) is 0. The number of aryl methyl sites for hydroxylation is 1. The van der Waals surface area contributed by atoms with Crippen molar-refractivity contribution in [1.82, 2.24) is 25.3 Å². The maximum Gasteiger partial charge on any atom is 0.270 e. The highest BCUT2D eigenvalue weighted by atomic mass is 35.5. The third-order valence-corrected chi connectivity index (χ3v) is 5.65. The van der Waals surface area contributed by atoms with Crippen LogP contribution in [0.5, 0.6) is 0 Å². The minimum Gasteiger partial charge on any atom is -0.347 e. The van der Waals surface area contributed by atoms with Gasteiger partial charge in [0.1, 0.15) is 11.3 Å². The second-order valence-corrected chi connectivity index (χ2v) is 8.23. The SMILES string of the molecule is Cc1cnc2ccc(Cc3ccnc(C(=O)NCc4cnc5[nH]cc(Cl)c5c4)c3)cc2c1. The fourth-order valence-electron chi connectivity index (χ4n) is 3.73. The molecule has 0 saturated heterocycles. The van der Waals surface area contributed by atoms with Crippen molar-refractivity contribution in [2.45, 2.75) is 19.9 Å². The Kier molecular flexibility index (Phi) is 5.29. The molecule has 0 unspecified atom stereocenters. The first kappa shape index (κ1) is 20.2. The van der Waals surface area contributed by atoms with Crippen molar-refractivity contribution in [3.8, 4) is 0 Å². The van der Waals surface area contributed by atoms with E-state index in [0.29, 0.717) is 23.7 Å². The Bertz CT molecular complexity index is 1460. The van der Waals surface area contributed by atoms with E-state index in [9.17, 15) is 4.79 Å². The summed E-state index contributed by atoms with van der Waals surface area (Å²) < 4.78 is 0. The third-order valence-electron chi connectivity index (χ3n) is 5.34. The molecule has 5 rings (SSSR count). The molecule has 0 spiro atoms. The standard InChI is InChI=1S/C25H20ClN5O/c1-15-6-19-8-16(2-3-22(19)28-11-15)7-17-4-5-27-23(10-17)25(32)31-13-18-9-20-21(26)14-30-24(20)29-12-18/h2-6,8-12,14H,7,13H2,1H3,(H,29,30)(H,31,32). The molecule has 4 heterocycles. The summed E-state index contributed by atoms with van der Waals surface area (Å²) in [5.74, 6) is -0.231. The first-order valence-corrected chi connectivity index (χ1v) is 10.6. The average molecular weight is 442 g/mol. The summed E-state index contributed by atoms with van der Waals surface area (Å²) >= 11 is 6.15. The smallest absolute Gasteiger partial charge is 0.270 e. The molecular formula is C25H20ClN5O. The van der Waals surface area contributed by atoms with Gasteiger partial charge in [0, 0.05) is 42.1 Å². The summed E-state index contributed by atoms with van der Waals surface area (Å²) in [6.45, 7) is 2.38. The van der Waals surface area contributed by atoms with Gasteiger partial charge in [-0.25, -0.2) is 4.98 Å². The Morgan fingerprint density at radius 2 is 1.88 bits per heavy atom. The monoisotopic (exact) mass is 441 g/mol. The Balaban J connectivity index is 1.29. The van der Waals surface area contributed by atoms with E-state index in [0.717, 1.165) is 44.2 Å². The van der Waals surface area contributed by atoms with Gasteiger partial charge in [-0.2, -0.15) is 0 Å². The van der Waals surface area contributed by atoms with Crippen LogP contribution in [0.3, 0.4) is 0 Å². The van der Waals surface area contributed by atoms with Gasteiger partial charge in [0.05, 0.1) is 10.5 Å². The van der Waals surface area contributed by atoms with Gasteiger partial charge in [0.15, 0.2) is 0 Å². The van der Waals surface area contributed by atoms with Gasteiger partial charge in [-0.3, -0.25) is 14.8 Å². The summed E-state index contributed by atoms with van der Waals surface area (Å²) in [6, 6.07) is 14.1. The van der Waals surface area contributed by atoms with E-state index >= 15 is 0 Å². The molecule has 0 fully saturated rings. The number of pyridine rings is 3. The topological polar surface area (TPSA) is 83.6 Å². The molecule has 2 N–H and O–H groups in total. The molecule has 5 aromatic rings. The molecule has 158 valence electrons. The van der Waals surface area contributed by atoms with E-state index in [1.165, 1.54) is 0 Å². The number of rotatable bonds is 5. The number of aromatic nitrogens is 4. The van der Waals surface area contributed by atoms with E-state index in [4.69, 9.17) is 11.6 Å². The Morgan fingerprint density at radius 1 is 1.00 bits per heavy atom. The summed E-state index contributed by atoms with van der Waals surface area (Å²) in [5.41, 5.74) is 6.25. The molecule has 1 amide bonds. The van der Waals surface area contributed by atoms with Crippen molar-refractivity contribution < 1.29 is 4.79 Å². The van der Waals surface area contributed by atoms with Crippen LogP contribution < -0.4 is 5.32 Å². The van der Waals surface area contributed by atoms with Gasteiger partial charge in [0.2, 0.25) is 0 Å². The lowest BCUT2D eigenvalue weighted by molar-refractivity contribution is 0.0946. The molecule has 32 heavy (non-hydrogen) atoms. The van der Waals surface area contributed by atoms with Gasteiger partial charge in [0.25, 0.3) is 5.91 Å². The molecule has 1 aromatic carbocycles. The molecule has 0 atom stereocenters. The number of halogens is 1. The molecule has 0 bridgehead atoms. The molecule has 0 aliphatic rings. The van der Waals surface area contributed by atoms with Crippen molar-refractivity contribution in [3.63, 3.8) is 0 Å². The quantitative estimate of drug-likeness (QED) is 0.402. The van der Waals surface area contributed by atoms with Crippen molar-refractivity contribution >= 4 is 39.4 Å². The van der Waals surface area contributed by atoms with Crippen molar-refractivity contribution in [2.24, 2.45) is 0 Å². The van der Waals surface area contributed by atoms with Crippen LogP contribution >= 0.6 is 11.6 Å². The van der Waals surface area contributed by atoms with Gasteiger partial charge < -0.3 is 10.3 Å². The maximum atomic E-state index is 12.7. The summed E-state index contributed by atoms with van der Waals surface area (Å²) in [5, 5.41) is 5.46. The number of nitrogens with zero attached hydrogens (tertiary/aromatic N) is 3. The van der Waals surface area contributed by atoms with E-state index in [2.05, 4.69) is 43.5 Å². The zero-order valence-electron chi connectivity index (χ0n) is 17.4. The number of hydrogen-bond acceptors (Lipinski definition) is 4. The first-order valence-electron chi connectivity index (χ1n) is 10.2. The number of amides is 1. The highest BCUT2D eigenvalue weighted by Crippen LogP contribution is 2.22. The van der Waals surface area contributed by atoms with E-state index in [-0.39, 0.29) is 5.91 Å². The van der Waals surface area contributed by atoms with Gasteiger partial charge in [-0.1, -0.05) is 17.7 Å². The molecule has 7 heteroatoms. The molecule has 0 radical (unpaired) electrons. The fraction of sp³-hybridized carbons (Fsp3) is 0.120. The van der Waals surface area contributed by atoms with Crippen molar-refractivity contribution in [2.75, 3.05) is 0 Å². The minimum absolute atomic E-state index is 0.231. The maximum absolute atomic E-state index is 12.7. The lowest BCUT2D eigenvalue weighted by Crippen LogP contribution is -2.24. The second-order valence-electron chi connectivity index (χ2n) is 7.82. The summed E-state index contributed by atoms with van der Waals surface area (Å²) in [4.78, 5) is 28.7. The van der Waals surface area contributed by atoms with Crippen LogP contribution in [-0.4, -0.2) is 25.8 Å². The van der Waals surface area contributed by atoms with Crippen molar-refractivity contribution in [1.29, 1.82) is 0 Å². The van der Waals surface area contributed by atoms with Crippen LogP contribution in [0.15, 0.2) is 67.3 Å². The molecule has 6 nitrogen and oxygen atoms in total. The Labute approximate surface area is 189 Å². The van der Waals surface area contributed by atoms with Crippen LogP contribution in [0.2, 0.25) is 5.02 Å². The molecule has 0 aliphatic heterocycles. The van der Waals surface area contributed by atoms with E-state index < -0.39 is 0 Å². The van der Waals surface area contributed by atoms with Crippen LogP contribution in [0, 0.1) is 6.92 Å². The number of H-pyrrole nitrogens is 1. The number of nitrogens with one attached hydrogen (secondary N) is 2. The zero-order valence-corrected chi connectivity index (χ0v) is 18.1. The van der Waals surface area contributed by atoms with Gasteiger partial charge in [-0.05, 0) is 72.0 Å². The number of benzene rings is 1. The van der Waals surface area contributed by atoms with E-state index in [1.807, 2.05) is 37.4 Å².